The molecule has 0 radical (unpaired) electrons. The zero-order valence-electron chi connectivity index (χ0n) is 17.5. The first-order valence-corrected chi connectivity index (χ1v) is 11.2. The van der Waals surface area contributed by atoms with Crippen molar-refractivity contribution in [2.24, 2.45) is 0 Å². The van der Waals surface area contributed by atoms with Gasteiger partial charge in [0.25, 0.3) is 0 Å². The average Bonchev–Trinajstić information content (AvgIpc) is 2.77. The molecule has 152 valence electrons. The molecule has 3 aromatic carbocycles. The van der Waals surface area contributed by atoms with Gasteiger partial charge in [0.2, 0.25) is 6.29 Å². The first-order chi connectivity index (χ1) is 14.1. The number of hydrogen-bond donors (Lipinski definition) is 0. The first kappa shape index (κ1) is 21.5. The predicted molar refractivity (Wildman–Crippen MR) is 123 cm³/mol. The quantitative estimate of drug-likeness (QED) is 0.261. The SMILES string of the molecule is CCC(C)c1ccc(OC(CSc2ccc(C)cc2)OCc2ccccc2)cc1. The molecule has 0 aliphatic rings. The number of rotatable bonds is 10. The molecule has 0 spiro atoms. The van der Waals surface area contributed by atoms with E-state index in [4.69, 9.17) is 9.47 Å². The van der Waals surface area contributed by atoms with Crippen LogP contribution in [0.1, 0.15) is 42.9 Å². The van der Waals surface area contributed by atoms with Crippen molar-refractivity contribution >= 4 is 11.8 Å². The summed E-state index contributed by atoms with van der Waals surface area (Å²) in [6.07, 6.45) is 0.812. The van der Waals surface area contributed by atoms with Gasteiger partial charge in [-0.25, -0.2) is 0 Å². The molecule has 0 aromatic heterocycles. The molecule has 3 aromatic rings. The van der Waals surface area contributed by atoms with Crippen LogP contribution in [0.15, 0.2) is 83.8 Å². The predicted octanol–water partition coefficient (Wildman–Crippen LogP) is 7.22. The van der Waals surface area contributed by atoms with E-state index in [1.54, 1.807) is 11.8 Å². The number of thioether (sulfide) groups is 1. The fourth-order valence-electron chi connectivity index (χ4n) is 2.94. The topological polar surface area (TPSA) is 18.5 Å². The molecule has 0 heterocycles. The van der Waals surface area contributed by atoms with Crippen molar-refractivity contribution < 1.29 is 9.47 Å². The van der Waals surface area contributed by atoms with E-state index >= 15 is 0 Å². The molecule has 3 heteroatoms. The van der Waals surface area contributed by atoms with Crippen LogP contribution in [0.25, 0.3) is 0 Å². The molecule has 29 heavy (non-hydrogen) atoms. The lowest BCUT2D eigenvalue weighted by atomic mass is 9.99. The van der Waals surface area contributed by atoms with Crippen molar-refractivity contribution in [1.82, 2.24) is 0 Å². The second kappa shape index (κ2) is 11.1. The second-order valence-electron chi connectivity index (χ2n) is 7.35. The summed E-state index contributed by atoms with van der Waals surface area (Å²) in [4.78, 5) is 1.22. The molecule has 0 N–H and O–H groups in total. The molecule has 0 fully saturated rings. The van der Waals surface area contributed by atoms with E-state index < -0.39 is 0 Å². The van der Waals surface area contributed by atoms with E-state index in [2.05, 4.69) is 81.4 Å². The molecule has 2 unspecified atom stereocenters. The Morgan fingerprint density at radius 2 is 1.55 bits per heavy atom. The average molecular weight is 407 g/mol. The Bertz CT molecular complexity index is 844. The Hall–Kier alpha value is -2.23. The lowest BCUT2D eigenvalue weighted by molar-refractivity contribution is -0.0725. The molecule has 0 amide bonds. The van der Waals surface area contributed by atoms with Crippen molar-refractivity contribution in [3.8, 4) is 5.75 Å². The fraction of sp³-hybridized carbons (Fsp3) is 0.308. The lowest BCUT2D eigenvalue weighted by Gasteiger charge is -2.20. The highest BCUT2D eigenvalue weighted by Gasteiger charge is 2.13. The van der Waals surface area contributed by atoms with Gasteiger partial charge < -0.3 is 9.47 Å². The van der Waals surface area contributed by atoms with Gasteiger partial charge in [-0.3, -0.25) is 0 Å². The summed E-state index contributed by atoms with van der Waals surface area (Å²) in [6, 6.07) is 27.2. The van der Waals surface area contributed by atoms with Crippen molar-refractivity contribution in [2.45, 2.75) is 50.9 Å². The summed E-state index contributed by atoms with van der Waals surface area (Å²) in [5.41, 5.74) is 3.76. The zero-order valence-corrected chi connectivity index (χ0v) is 18.3. The Morgan fingerprint density at radius 3 is 2.21 bits per heavy atom. The molecule has 0 aliphatic heterocycles. The highest BCUT2D eigenvalue weighted by Crippen LogP contribution is 2.25. The molecule has 2 atom stereocenters. The van der Waals surface area contributed by atoms with Gasteiger partial charge in [0.15, 0.2) is 0 Å². The normalized spacial score (nSPS) is 13.1. The fourth-order valence-corrected chi connectivity index (χ4v) is 3.76. The van der Waals surface area contributed by atoms with Gasteiger partial charge in [0.05, 0.1) is 12.4 Å². The van der Waals surface area contributed by atoms with Crippen LogP contribution in [0.2, 0.25) is 0 Å². The van der Waals surface area contributed by atoms with Gasteiger partial charge in [-0.15, -0.1) is 11.8 Å². The smallest absolute Gasteiger partial charge is 0.209 e. The highest BCUT2D eigenvalue weighted by atomic mass is 32.2. The maximum atomic E-state index is 6.21. The maximum Gasteiger partial charge on any atom is 0.209 e. The van der Waals surface area contributed by atoms with Crippen LogP contribution in [0.4, 0.5) is 0 Å². The number of hydrogen-bond acceptors (Lipinski definition) is 3. The van der Waals surface area contributed by atoms with Crippen molar-refractivity contribution in [1.29, 1.82) is 0 Å². The van der Waals surface area contributed by atoms with Gasteiger partial charge >= 0.3 is 0 Å². The van der Waals surface area contributed by atoms with Crippen LogP contribution in [0.3, 0.4) is 0 Å². The summed E-state index contributed by atoms with van der Waals surface area (Å²) in [5, 5.41) is 0. The summed E-state index contributed by atoms with van der Waals surface area (Å²) < 4.78 is 12.3. The molecular weight excluding hydrogens is 376 g/mol. The molecule has 0 saturated carbocycles. The van der Waals surface area contributed by atoms with Crippen LogP contribution in [-0.2, 0) is 11.3 Å². The lowest BCUT2D eigenvalue weighted by Crippen LogP contribution is -2.23. The number of ether oxygens (including phenoxy) is 2. The Kier molecular flexibility index (Phi) is 8.21. The van der Waals surface area contributed by atoms with Crippen LogP contribution in [0, 0.1) is 6.92 Å². The van der Waals surface area contributed by atoms with Gasteiger partial charge in [-0.1, -0.05) is 74.0 Å². The van der Waals surface area contributed by atoms with Crippen LogP contribution >= 0.6 is 11.8 Å². The van der Waals surface area contributed by atoms with Crippen LogP contribution < -0.4 is 4.74 Å². The van der Waals surface area contributed by atoms with Crippen LogP contribution in [0.5, 0.6) is 5.75 Å². The highest BCUT2D eigenvalue weighted by molar-refractivity contribution is 7.99. The molecule has 0 bridgehead atoms. The van der Waals surface area contributed by atoms with E-state index in [0.717, 1.165) is 23.5 Å². The molecule has 2 nitrogen and oxygen atoms in total. The zero-order chi connectivity index (χ0) is 20.5. The monoisotopic (exact) mass is 406 g/mol. The van der Waals surface area contributed by atoms with E-state index in [1.165, 1.54) is 16.0 Å². The Labute approximate surface area is 179 Å². The van der Waals surface area contributed by atoms with Gasteiger partial charge in [0, 0.05) is 4.90 Å². The third kappa shape index (κ3) is 6.95. The molecule has 0 aliphatic carbocycles. The summed E-state index contributed by atoms with van der Waals surface area (Å²) in [5.74, 6) is 2.13. The Morgan fingerprint density at radius 1 is 0.862 bits per heavy atom. The minimum Gasteiger partial charge on any atom is -0.464 e. The van der Waals surface area contributed by atoms with Crippen LogP contribution in [-0.4, -0.2) is 12.0 Å². The third-order valence-corrected chi connectivity index (χ3v) is 6.06. The number of aryl methyl sites for hydroxylation is 1. The maximum absolute atomic E-state index is 6.21. The largest absolute Gasteiger partial charge is 0.464 e. The van der Waals surface area contributed by atoms with E-state index in [0.29, 0.717) is 12.5 Å². The van der Waals surface area contributed by atoms with E-state index in [-0.39, 0.29) is 6.29 Å². The standard InChI is InChI=1S/C26H30O2S/c1-4-21(3)23-12-14-24(15-13-23)28-26(27-18-22-8-6-5-7-9-22)19-29-25-16-10-20(2)11-17-25/h5-17,21,26H,4,18-19H2,1-3H3. The minimum atomic E-state index is -0.323. The van der Waals surface area contributed by atoms with E-state index in [9.17, 15) is 0 Å². The van der Waals surface area contributed by atoms with Crippen molar-refractivity contribution in [2.75, 3.05) is 5.75 Å². The first-order valence-electron chi connectivity index (χ1n) is 10.3. The van der Waals surface area contributed by atoms with Gasteiger partial charge in [-0.05, 0) is 54.7 Å². The Balaban J connectivity index is 1.64. The summed E-state index contributed by atoms with van der Waals surface area (Å²) >= 11 is 1.75. The summed E-state index contributed by atoms with van der Waals surface area (Å²) in [7, 11) is 0. The summed E-state index contributed by atoms with van der Waals surface area (Å²) in [6.45, 7) is 7.10. The molecule has 3 rings (SSSR count). The van der Waals surface area contributed by atoms with Gasteiger partial charge in [0.1, 0.15) is 5.75 Å². The minimum absolute atomic E-state index is 0.323. The second-order valence-corrected chi connectivity index (χ2v) is 8.44. The molecule has 0 saturated heterocycles. The molecular formula is C26H30O2S. The number of benzene rings is 3. The van der Waals surface area contributed by atoms with Crippen molar-refractivity contribution in [3.63, 3.8) is 0 Å². The third-order valence-electron chi connectivity index (χ3n) is 5.01. The van der Waals surface area contributed by atoms with E-state index in [1.807, 2.05) is 18.2 Å². The van der Waals surface area contributed by atoms with Crippen molar-refractivity contribution in [3.05, 3.63) is 95.6 Å². The van der Waals surface area contributed by atoms with Gasteiger partial charge in [-0.2, -0.15) is 0 Å².